The molecule has 0 aliphatic rings. The van der Waals surface area contributed by atoms with Gasteiger partial charge in [0.2, 0.25) is 0 Å². The van der Waals surface area contributed by atoms with Gasteiger partial charge in [-0.3, -0.25) is 9.59 Å². The van der Waals surface area contributed by atoms with Crippen LogP contribution in [0.4, 0.5) is 9.59 Å². The topological polar surface area (TPSA) is 136 Å². The van der Waals surface area contributed by atoms with Gasteiger partial charge in [-0.1, -0.05) is 55.5 Å². The smallest absolute Gasteiger partial charge is 0.408 e. The van der Waals surface area contributed by atoms with Crippen molar-refractivity contribution in [3.05, 3.63) is 70.8 Å². The maximum absolute atomic E-state index is 12.3. The van der Waals surface area contributed by atoms with Crippen LogP contribution in [0.5, 0.6) is 0 Å². The van der Waals surface area contributed by atoms with E-state index >= 15 is 0 Å². The largest absolute Gasteiger partial charge is 0.442 e. The summed E-state index contributed by atoms with van der Waals surface area (Å²) in [5.41, 5.74) is 0.746. The van der Waals surface area contributed by atoms with Gasteiger partial charge in [-0.05, 0) is 84.6 Å². The van der Waals surface area contributed by atoms with E-state index in [-0.39, 0.29) is 24.8 Å². The van der Waals surface area contributed by atoms with Gasteiger partial charge in [0.1, 0.15) is 0 Å². The fourth-order valence-corrected chi connectivity index (χ4v) is 4.13. The highest BCUT2D eigenvalue weighted by Crippen LogP contribution is 2.30. The van der Waals surface area contributed by atoms with Gasteiger partial charge in [0.15, 0.2) is 24.8 Å². The standard InChI is InChI=1S/C34H46N4O6/c1-11-28(40)21-44-30(42)38-34(9,10)27-14-12-13-26(19-27)32(5,6)36-22-35-31(3,4)24-15-17-25(18-16-24)33(7,8)37-29(41)43-20-23(2)39/h12-19H,11,20-21H2,1-10H3,(H,37,41)(H,38,42). The minimum Gasteiger partial charge on any atom is -0.442 e. The second-order valence-corrected chi connectivity index (χ2v) is 12.8. The van der Waals surface area contributed by atoms with Gasteiger partial charge in [0.25, 0.3) is 0 Å². The maximum Gasteiger partial charge on any atom is 0.408 e. The Bertz CT molecular complexity index is 1420. The normalized spacial score (nSPS) is 12.0. The molecule has 0 saturated carbocycles. The van der Waals surface area contributed by atoms with Crippen molar-refractivity contribution in [2.75, 3.05) is 13.2 Å². The molecule has 0 fully saturated rings. The summed E-state index contributed by atoms with van der Waals surface area (Å²) in [6.45, 7) is 17.8. The summed E-state index contributed by atoms with van der Waals surface area (Å²) in [4.78, 5) is 56.2. The van der Waals surface area contributed by atoms with E-state index < -0.39 is 34.3 Å². The molecule has 0 unspecified atom stereocenters. The first-order valence-electron chi connectivity index (χ1n) is 14.6. The number of hydrogen-bond acceptors (Lipinski definition) is 8. The number of nitrogens with one attached hydrogen (secondary N) is 2. The van der Waals surface area contributed by atoms with Crippen molar-refractivity contribution in [3.63, 3.8) is 0 Å². The molecule has 0 radical (unpaired) electrons. The van der Waals surface area contributed by atoms with Crippen molar-refractivity contribution in [1.29, 1.82) is 0 Å². The van der Waals surface area contributed by atoms with Gasteiger partial charge in [0.05, 0.1) is 28.2 Å². The molecule has 10 heteroatoms. The van der Waals surface area contributed by atoms with E-state index in [2.05, 4.69) is 26.6 Å². The van der Waals surface area contributed by atoms with E-state index in [4.69, 9.17) is 9.47 Å². The lowest BCUT2D eigenvalue weighted by Crippen LogP contribution is -2.42. The van der Waals surface area contributed by atoms with Crippen LogP contribution in [0, 0.1) is 0 Å². The molecule has 0 aliphatic carbocycles. The van der Waals surface area contributed by atoms with Crippen LogP contribution in [-0.2, 0) is 41.2 Å². The van der Waals surface area contributed by atoms with Crippen molar-refractivity contribution in [3.8, 4) is 0 Å². The van der Waals surface area contributed by atoms with Crippen molar-refractivity contribution < 1.29 is 28.7 Å². The molecule has 2 amide bonds. The highest BCUT2D eigenvalue weighted by atomic mass is 16.6. The highest BCUT2D eigenvalue weighted by molar-refractivity contribution is 5.82. The molecule has 2 aromatic rings. The average Bonchev–Trinajstić information content (AvgIpc) is 2.94. The lowest BCUT2D eigenvalue weighted by Gasteiger charge is -2.28. The lowest BCUT2D eigenvalue weighted by molar-refractivity contribution is -0.121. The molecule has 2 rings (SSSR count). The monoisotopic (exact) mass is 606 g/mol. The van der Waals surface area contributed by atoms with Crippen LogP contribution < -0.4 is 10.6 Å². The third-order valence-corrected chi connectivity index (χ3v) is 7.26. The Kier molecular flexibility index (Phi) is 11.8. The predicted molar refractivity (Wildman–Crippen MR) is 170 cm³/mol. The molecule has 0 aliphatic heterocycles. The fraction of sp³-hybridized carbons (Fsp3) is 0.500. The van der Waals surface area contributed by atoms with Gasteiger partial charge >= 0.3 is 12.2 Å². The summed E-state index contributed by atoms with van der Waals surface area (Å²) in [6, 6.07) is 18.4. The molecule has 0 heterocycles. The van der Waals surface area contributed by atoms with E-state index in [9.17, 15) is 19.2 Å². The molecule has 10 nitrogen and oxygen atoms in total. The Hall–Kier alpha value is -4.30. The van der Waals surface area contributed by atoms with Crippen LogP contribution in [0.3, 0.4) is 0 Å². The molecule has 0 bridgehead atoms. The number of carbonyl (C=O) groups excluding carboxylic acids is 4. The van der Waals surface area contributed by atoms with Crippen LogP contribution >= 0.6 is 0 Å². The van der Waals surface area contributed by atoms with Crippen LogP contribution in [-0.4, -0.2) is 43.0 Å². The van der Waals surface area contributed by atoms with Crippen molar-refractivity contribution >= 4 is 29.8 Å². The first kappa shape index (κ1) is 35.9. The summed E-state index contributed by atoms with van der Waals surface area (Å²) < 4.78 is 9.99. The number of hydrogen-bond donors (Lipinski definition) is 2. The van der Waals surface area contributed by atoms with E-state index in [0.29, 0.717) is 6.42 Å². The molecule has 0 spiro atoms. The van der Waals surface area contributed by atoms with E-state index in [1.165, 1.54) is 6.92 Å². The minimum atomic E-state index is -0.761. The summed E-state index contributed by atoms with van der Waals surface area (Å²) in [5, 5.41) is 5.61. The Morgan fingerprint density at radius 1 is 0.682 bits per heavy atom. The first-order chi connectivity index (χ1) is 20.3. The number of alkyl carbamates (subject to hydrolysis) is 2. The van der Waals surface area contributed by atoms with E-state index in [1.807, 2.05) is 104 Å². The van der Waals surface area contributed by atoms with Crippen molar-refractivity contribution in [1.82, 2.24) is 10.6 Å². The zero-order valence-electron chi connectivity index (χ0n) is 27.6. The summed E-state index contributed by atoms with van der Waals surface area (Å²) in [6.07, 6.45) is -1.01. The third-order valence-electron chi connectivity index (χ3n) is 7.26. The Balaban J connectivity index is 2.17. The van der Waals surface area contributed by atoms with E-state index in [0.717, 1.165) is 22.3 Å². The second kappa shape index (κ2) is 14.4. The summed E-state index contributed by atoms with van der Waals surface area (Å²) in [7, 11) is 0. The molecular formula is C34H46N4O6. The number of ether oxygens (including phenoxy) is 2. The van der Waals surface area contributed by atoms with Crippen LogP contribution in [0.25, 0.3) is 0 Å². The number of benzene rings is 2. The van der Waals surface area contributed by atoms with Gasteiger partial charge in [-0.2, -0.15) is 0 Å². The van der Waals surface area contributed by atoms with Gasteiger partial charge in [0, 0.05) is 6.42 Å². The third kappa shape index (κ3) is 10.5. The SMILES string of the molecule is CCC(=O)COC(=O)NC(C)(C)c1cccc(C(C)(C)N=C=NC(C)(C)c2ccc(C(C)(C)NC(=O)OCC(C)=O)cc2)c1. The molecule has 0 saturated heterocycles. The van der Waals surface area contributed by atoms with Crippen molar-refractivity contribution in [2.45, 2.75) is 97.8 Å². The zero-order valence-corrected chi connectivity index (χ0v) is 27.6. The molecule has 2 aromatic carbocycles. The van der Waals surface area contributed by atoms with Crippen LogP contribution in [0.2, 0.25) is 0 Å². The summed E-state index contributed by atoms with van der Waals surface area (Å²) >= 11 is 0. The lowest BCUT2D eigenvalue weighted by atomic mass is 9.88. The summed E-state index contributed by atoms with van der Waals surface area (Å²) in [5.74, 6) is -0.381. The highest BCUT2D eigenvalue weighted by Gasteiger charge is 2.28. The second-order valence-electron chi connectivity index (χ2n) is 12.8. The number of nitrogens with zero attached hydrogens (tertiary/aromatic N) is 2. The van der Waals surface area contributed by atoms with Crippen LogP contribution in [0.15, 0.2) is 58.5 Å². The zero-order chi connectivity index (χ0) is 33.3. The number of Topliss-reactive ketones (excluding diaryl/α,β-unsaturated/α-hetero) is 2. The average molecular weight is 607 g/mol. The maximum atomic E-state index is 12.3. The molecule has 0 atom stereocenters. The predicted octanol–water partition coefficient (Wildman–Crippen LogP) is 6.52. The van der Waals surface area contributed by atoms with Gasteiger partial charge in [-0.25, -0.2) is 19.6 Å². The quantitative estimate of drug-likeness (QED) is 0.249. The Morgan fingerprint density at radius 2 is 1.14 bits per heavy atom. The number of aliphatic imine (C=N–C) groups is 2. The van der Waals surface area contributed by atoms with E-state index in [1.54, 1.807) is 6.92 Å². The number of ketones is 2. The number of carbonyl (C=O) groups is 4. The molecule has 44 heavy (non-hydrogen) atoms. The van der Waals surface area contributed by atoms with Crippen LogP contribution in [0.1, 0.15) is 97.9 Å². The Morgan fingerprint density at radius 3 is 1.66 bits per heavy atom. The molecule has 2 N–H and O–H groups in total. The van der Waals surface area contributed by atoms with Gasteiger partial charge in [-0.15, -0.1) is 0 Å². The fourth-order valence-electron chi connectivity index (χ4n) is 4.13. The minimum absolute atomic E-state index is 0.149. The number of amides is 2. The molecule has 238 valence electrons. The number of rotatable bonds is 13. The molecule has 0 aromatic heterocycles. The Labute approximate surface area is 260 Å². The first-order valence-corrected chi connectivity index (χ1v) is 14.6. The van der Waals surface area contributed by atoms with Gasteiger partial charge < -0.3 is 20.1 Å². The van der Waals surface area contributed by atoms with Crippen molar-refractivity contribution in [2.24, 2.45) is 9.98 Å². The molecular weight excluding hydrogens is 560 g/mol.